The molecule has 0 aliphatic carbocycles. The van der Waals surface area contributed by atoms with Crippen molar-refractivity contribution in [2.45, 2.75) is 12.4 Å². The largest absolute Gasteiger partial charge is 0.418 e. The Bertz CT molecular complexity index is 626. The van der Waals surface area contributed by atoms with Crippen LogP contribution >= 0.6 is 12.4 Å². The summed E-state index contributed by atoms with van der Waals surface area (Å²) in [4.78, 5) is 16.3. The van der Waals surface area contributed by atoms with Gasteiger partial charge in [0.25, 0.3) is 0 Å². The fourth-order valence-electron chi connectivity index (χ4n) is 2.00. The van der Waals surface area contributed by atoms with Gasteiger partial charge in [-0.2, -0.15) is 26.3 Å². The Labute approximate surface area is 137 Å². The number of amides is 2. The highest BCUT2D eigenvalue weighted by molar-refractivity contribution is 6.03. The molecule has 2 amide bonds. The average Bonchev–Trinajstić information content (AvgIpc) is 2.82. The number of carbonyl (C=O) groups excluding carboxylic acids is 1. The molecule has 12 heteroatoms. The zero-order valence-corrected chi connectivity index (χ0v) is 12.5. The van der Waals surface area contributed by atoms with Crippen molar-refractivity contribution in [1.29, 1.82) is 0 Å². The highest BCUT2D eigenvalue weighted by Gasteiger charge is 2.41. The van der Waals surface area contributed by atoms with Crippen LogP contribution in [0.5, 0.6) is 0 Å². The lowest BCUT2D eigenvalue weighted by molar-refractivity contribution is -0.141. The monoisotopic (exact) mass is 376 g/mol. The Morgan fingerprint density at radius 3 is 2.00 bits per heavy atom. The van der Waals surface area contributed by atoms with Gasteiger partial charge in [-0.3, -0.25) is 9.89 Å². The predicted octanol–water partition coefficient (Wildman–Crippen LogP) is 3.31. The van der Waals surface area contributed by atoms with Crippen molar-refractivity contribution in [1.82, 2.24) is 4.90 Å². The van der Waals surface area contributed by atoms with Gasteiger partial charge in [-0.1, -0.05) is 6.07 Å². The molecule has 3 N–H and O–H groups in total. The summed E-state index contributed by atoms with van der Waals surface area (Å²) >= 11 is 0. The maximum atomic E-state index is 12.9. The molecule has 1 heterocycles. The minimum absolute atomic E-state index is 0. The lowest BCUT2D eigenvalue weighted by Crippen LogP contribution is -2.42. The van der Waals surface area contributed by atoms with Gasteiger partial charge in [-0.15, -0.1) is 12.4 Å². The van der Waals surface area contributed by atoms with Crippen molar-refractivity contribution < 1.29 is 31.1 Å². The van der Waals surface area contributed by atoms with Crippen molar-refractivity contribution >= 4 is 30.1 Å². The third kappa shape index (κ3) is 4.02. The first-order valence-electron chi connectivity index (χ1n) is 6.17. The average molecular weight is 377 g/mol. The van der Waals surface area contributed by atoms with Crippen molar-refractivity contribution in [3.05, 3.63) is 29.3 Å². The van der Waals surface area contributed by atoms with Gasteiger partial charge in [0.15, 0.2) is 5.96 Å². The molecular weight excluding hydrogens is 366 g/mol. The molecule has 0 unspecified atom stereocenters. The lowest BCUT2D eigenvalue weighted by atomic mass is 10.1. The fraction of sp³-hybridized carbons (Fsp3) is 0.333. The summed E-state index contributed by atoms with van der Waals surface area (Å²) < 4.78 is 77.6. The molecule has 0 spiro atoms. The van der Waals surface area contributed by atoms with Gasteiger partial charge >= 0.3 is 18.4 Å². The molecule has 0 radical (unpaired) electrons. The summed E-state index contributed by atoms with van der Waals surface area (Å²) in [6.07, 6.45) is -10.1. The minimum atomic E-state index is -5.07. The van der Waals surface area contributed by atoms with E-state index in [0.29, 0.717) is 18.2 Å². The third-order valence-electron chi connectivity index (χ3n) is 3.03. The SMILES string of the molecule is Cl.NC1=NCCN1C(=O)Nc1c(C(F)(F)F)cccc1C(F)(F)F. The van der Waals surface area contributed by atoms with Crippen LogP contribution in [0.2, 0.25) is 0 Å². The predicted molar refractivity (Wildman–Crippen MR) is 75.9 cm³/mol. The topological polar surface area (TPSA) is 70.7 Å². The molecule has 1 aromatic rings. The number of hydrogen-bond donors (Lipinski definition) is 2. The van der Waals surface area contributed by atoms with E-state index in [9.17, 15) is 31.1 Å². The van der Waals surface area contributed by atoms with E-state index >= 15 is 0 Å². The molecule has 0 saturated heterocycles. The maximum Gasteiger partial charge on any atom is 0.418 e. The van der Waals surface area contributed by atoms with Crippen LogP contribution in [0.1, 0.15) is 11.1 Å². The van der Waals surface area contributed by atoms with Crippen molar-refractivity contribution in [3.8, 4) is 0 Å². The standard InChI is InChI=1S/C12H10F6N4O.ClH/c13-11(14,15)6-2-1-3-7(12(16,17)18)8(6)21-10(23)22-5-4-20-9(22)19;/h1-3H,4-5H2,(H2,19,20)(H,21,23);1H. The summed E-state index contributed by atoms with van der Waals surface area (Å²) in [5.74, 6) is -0.277. The summed E-state index contributed by atoms with van der Waals surface area (Å²) in [5.41, 5.74) is 0.785. The van der Waals surface area contributed by atoms with Gasteiger partial charge < -0.3 is 11.1 Å². The Morgan fingerprint density at radius 2 is 1.62 bits per heavy atom. The number of alkyl halides is 6. The van der Waals surface area contributed by atoms with Gasteiger partial charge in [0.1, 0.15) is 0 Å². The summed E-state index contributed by atoms with van der Waals surface area (Å²) in [5, 5.41) is 1.65. The number of para-hydroxylation sites is 1. The number of carbonyl (C=O) groups is 1. The van der Waals surface area contributed by atoms with Crippen molar-refractivity contribution in [2.24, 2.45) is 10.7 Å². The second-order valence-electron chi connectivity index (χ2n) is 4.55. The highest BCUT2D eigenvalue weighted by Crippen LogP contribution is 2.42. The Morgan fingerprint density at radius 1 is 1.12 bits per heavy atom. The first-order valence-corrected chi connectivity index (χ1v) is 6.17. The molecule has 24 heavy (non-hydrogen) atoms. The van der Waals surface area contributed by atoms with E-state index in [1.807, 2.05) is 0 Å². The van der Waals surface area contributed by atoms with Gasteiger partial charge in [0.05, 0.1) is 29.9 Å². The molecule has 0 fully saturated rings. The number of urea groups is 1. The Balaban J connectivity index is 0.00000288. The zero-order chi connectivity index (χ0) is 17.4. The smallest absolute Gasteiger partial charge is 0.369 e. The van der Waals surface area contributed by atoms with Crippen molar-refractivity contribution in [3.63, 3.8) is 0 Å². The number of benzene rings is 1. The number of nitrogens with two attached hydrogens (primary N) is 1. The van der Waals surface area contributed by atoms with E-state index in [1.165, 1.54) is 0 Å². The number of aliphatic imine (C=N–C) groups is 1. The number of nitrogens with zero attached hydrogens (tertiary/aromatic N) is 2. The van der Waals surface area contributed by atoms with Crippen LogP contribution in [0.4, 0.5) is 36.8 Å². The molecule has 0 saturated carbocycles. The number of nitrogens with one attached hydrogen (secondary N) is 1. The molecule has 1 aliphatic heterocycles. The summed E-state index contributed by atoms with van der Waals surface area (Å²) in [6.45, 7) is 0.0828. The van der Waals surface area contributed by atoms with Gasteiger partial charge in [-0.05, 0) is 12.1 Å². The van der Waals surface area contributed by atoms with Gasteiger partial charge in [-0.25, -0.2) is 4.79 Å². The van der Waals surface area contributed by atoms with Gasteiger partial charge in [0, 0.05) is 0 Å². The second-order valence-corrected chi connectivity index (χ2v) is 4.55. The molecule has 134 valence electrons. The van der Waals surface area contributed by atoms with E-state index in [0.717, 1.165) is 4.90 Å². The first-order chi connectivity index (χ1) is 10.5. The summed E-state index contributed by atoms with van der Waals surface area (Å²) in [6, 6.07) is 0.303. The quantitative estimate of drug-likeness (QED) is 0.738. The molecule has 1 aromatic carbocycles. The lowest BCUT2D eigenvalue weighted by Gasteiger charge is -2.22. The number of halogens is 7. The van der Waals surface area contributed by atoms with E-state index in [2.05, 4.69) is 4.99 Å². The molecule has 2 rings (SSSR count). The number of rotatable bonds is 1. The maximum absolute atomic E-state index is 12.9. The normalized spacial score (nSPS) is 14.9. The number of anilines is 1. The van der Waals surface area contributed by atoms with Crippen LogP contribution in [0.25, 0.3) is 0 Å². The van der Waals surface area contributed by atoms with E-state index in [1.54, 1.807) is 5.32 Å². The molecule has 5 nitrogen and oxygen atoms in total. The van der Waals surface area contributed by atoms with Gasteiger partial charge in [0.2, 0.25) is 0 Å². The number of hydrogen-bond acceptors (Lipinski definition) is 3. The van der Waals surface area contributed by atoms with Crippen LogP contribution in [0.15, 0.2) is 23.2 Å². The number of guanidine groups is 1. The summed E-state index contributed by atoms with van der Waals surface area (Å²) in [7, 11) is 0. The highest BCUT2D eigenvalue weighted by atomic mass is 35.5. The first kappa shape index (κ1) is 19.9. The minimum Gasteiger partial charge on any atom is -0.369 e. The third-order valence-corrected chi connectivity index (χ3v) is 3.03. The molecule has 0 bridgehead atoms. The molecular formula is C12H11ClF6N4O. The van der Waals surface area contributed by atoms with Crippen LogP contribution in [-0.2, 0) is 12.4 Å². The van der Waals surface area contributed by atoms with E-state index < -0.39 is 35.2 Å². The Kier molecular flexibility index (Phi) is 5.59. The second kappa shape index (κ2) is 6.75. The van der Waals surface area contributed by atoms with Crippen LogP contribution in [0.3, 0.4) is 0 Å². The fourth-order valence-corrected chi connectivity index (χ4v) is 2.00. The van der Waals surface area contributed by atoms with E-state index in [-0.39, 0.29) is 31.5 Å². The van der Waals surface area contributed by atoms with Crippen LogP contribution in [-0.4, -0.2) is 30.0 Å². The molecule has 1 aliphatic rings. The van der Waals surface area contributed by atoms with Crippen molar-refractivity contribution in [2.75, 3.05) is 18.4 Å². The zero-order valence-electron chi connectivity index (χ0n) is 11.7. The van der Waals surface area contributed by atoms with Crippen LogP contribution < -0.4 is 11.1 Å². The Hall–Kier alpha value is -2.17. The molecule has 0 atom stereocenters. The van der Waals surface area contributed by atoms with Crippen LogP contribution in [0, 0.1) is 0 Å². The van der Waals surface area contributed by atoms with E-state index in [4.69, 9.17) is 5.73 Å². The molecule has 0 aromatic heterocycles.